The highest BCUT2D eigenvalue weighted by molar-refractivity contribution is 5.99. The highest BCUT2D eigenvalue weighted by Gasteiger charge is 2.42. The molecule has 0 fully saturated rings. The van der Waals surface area contributed by atoms with Crippen LogP contribution in [-0.2, 0) is 4.74 Å². The van der Waals surface area contributed by atoms with Crippen molar-refractivity contribution in [2.75, 3.05) is 26.9 Å². The Kier molecular flexibility index (Phi) is 5.65. The standard InChI is InChI=1S/C25H25NO5/c1-5-11-30-18-8-6-17(7-9-18)22-21-23(27)19-13-15(2)16(3)14-20(19)31-24(21)25(28)26(22)10-12-29-4/h5-9,13-14,22H,1,10-12H2,2-4H3/t22-/m1/s1. The minimum Gasteiger partial charge on any atom is -0.490 e. The molecule has 1 aliphatic rings. The minimum absolute atomic E-state index is 0.105. The van der Waals surface area contributed by atoms with E-state index in [1.54, 1.807) is 18.1 Å². The second-order valence-corrected chi connectivity index (χ2v) is 7.67. The molecule has 0 unspecified atom stereocenters. The van der Waals surface area contributed by atoms with Crippen LogP contribution >= 0.6 is 0 Å². The van der Waals surface area contributed by atoms with Crippen molar-refractivity contribution in [1.82, 2.24) is 4.90 Å². The molecule has 1 amide bonds. The zero-order valence-corrected chi connectivity index (χ0v) is 17.9. The third-order valence-electron chi connectivity index (χ3n) is 5.68. The normalized spacial score (nSPS) is 15.4. The van der Waals surface area contributed by atoms with Gasteiger partial charge in [0.05, 0.1) is 23.6 Å². The number of aryl methyl sites for hydroxylation is 2. The molecule has 0 saturated carbocycles. The molecule has 3 aromatic rings. The van der Waals surface area contributed by atoms with Gasteiger partial charge in [0.2, 0.25) is 5.76 Å². The van der Waals surface area contributed by atoms with E-state index in [-0.39, 0.29) is 17.1 Å². The molecule has 1 atom stereocenters. The van der Waals surface area contributed by atoms with Crippen molar-refractivity contribution in [3.63, 3.8) is 0 Å². The molecule has 4 rings (SSSR count). The van der Waals surface area contributed by atoms with Crippen molar-refractivity contribution >= 4 is 16.9 Å². The first-order valence-electron chi connectivity index (χ1n) is 10.2. The molecule has 0 N–H and O–H groups in total. The average Bonchev–Trinajstić information content (AvgIpc) is 3.04. The van der Waals surface area contributed by atoms with Gasteiger partial charge in [-0.1, -0.05) is 24.8 Å². The maximum atomic E-state index is 13.5. The molecule has 6 nitrogen and oxygen atoms in total. The quantitative estimate of drug-likeness (QED) is 0.538. The second-order valence-electron chi connectivity index (χ2n) is 7.67. The van der Waals surface area contributed by atoms with Gasteiger partial charge in [-0.05, 0) is 54.8 Å². The fourth-order valence-electron chi connectivity index (χ4n) is 3.94. The van der Waals surface area contributed by atoms with Gasteiger partial charge in [-0.15, -0.1) is 0 Å². The first-order valence-corrected chi connectivity index (χ1v) is 10.2. The third kappa shape index (κ3) is 3.64. The maximum absolute atomic E-state index is 13.5. The summed E-state index contributed by atoms with van der Waals surface area (Å²) in [7, 11) is 1.58. The van der Waals surface area contributed by atoms with Gasteiger partial charge >= 0.3 is 0 Å². The van der Waals surface area contributed by atoms with Crippen molar-refractivity contribution in [2.45, 2.75) is 19.9 Å². The molecule has 1 aliphatic heterocycles. The lowest BCUT2D eigenvalue weighted by Crippen LogP contribution is -2.32. The molecule has 2 heterocycles. The van der Waals surface area contributed by atoms with E-state index in [1.165, 1.54) is 0 Å². The zero-order valence-electron chi connectivity index (χ0n) is 17.9. The smallest absolute Gasteiger partial charge is 0.290 e. The van der Waals surface area contributed by atoms with Crippen LogP contribution in [-0.4, -0.2) is 37.7 Å². The maximum Gasteiger partial charge on any atom is 0.290 e. The number of methoxy groups -OCH3 is 1. The van der Waals surface area contributed by atoms with Gasteiger partial charge in [0.15, 0.2) is 5.43 Å². The number of nitrogens with zero attached hydrogens (tertiary/aromatic N) is 1. The van der Waals surface area contributed by atoms with E-state index in [4.69, 9.17) is 13.9 Å². The SMILES string of the molecule is C=CCOc1ccc([C@@H]2c3c(oc4cc(C)c(C)cc4c3=O)C(=O)N2CCOC)cc1. The molecule has 2 aromatic carbocycles. The third-order valence-corrected chi connectivity index (χ3v) is 5.68. The summed E-state index contributed by atoms with van der Waals surface area (Å²) in [6.45, 7) is 8.65. The van der Waals surface area contributed by atoms with Gasteiger partial charge in [-0.3, -0.25) is 9.59 Å². The fraction of sp³-hybridized carbons (Fsp3) is 0.280. The largest absolute Gasteiger partial charge is 0.490 e. The number of carbonyl (C=O) groups is 1. The predicted octanol–water partition coefficient (Wildman–Crippen LogP) is 4.17. The number of amides is 1. The lowest BCUT2D eigenvalue weighted by molar-refractivity contribution is 0.0663. The van der Waals surface area contributed by atoms with E-state index in [2.05, 4.69) is 6.58 Å². The van der Waals surface area contributed by atoms with Crippen LogP contribution < -0.4 is 10.2 Å². The highest BCUT2D eigenvalue weighted by atomic mass is 16.5. The van der Waals surface area contributed by atoms with E-state index in [9.17, 15) is 9.59 Å². The number of ether oxygens (including phenoxy) is 2. The Morgan fingerprint density at radius 2 is 1.84 bits per heavy atom. The van der Waals surface area contributed by atoms with Gasteiger partial charge in [0.1, 0.15) is 17.9 Å². The molecular weight excluding hydrogens is 394 g/mol. The van der Waals surface area contributed by atoms with E-state index in [0.717, 1.165) is 16.7 Å². The molecule has 31 heavy (non-hydrogen) atoms. The summed E-state index contributed by atoms with van der Waals surface area (Å²) in [6.07, 6.45) is 1.67. The number of fused-ring (bicyclic) bond motifs is 2. The van der Waals surface area contributed by atoms with Gasteiger partial charge in [0, 0.05) is 13.7 Å². The summed E-state index contributed by atoms with van der Waals surface area (Å²) >= 11 is 0. The summed E-state index contributed by atoms with van der Waals surface area (Å²) in [5.74, 6) is 0.489. The molecule has 6 heteroatoms. The monoisotopic (exact) mass is 419 g/mol. The van der Waals surface area contributed by atoms with Crippen LogP contribution in [0.3, 0.4) is 0 Å². The van der Waals surface area contributed by atoms with Crippen LogP contribution in [0.2, 0.25) is 0 Å². The Morgan fingerprint density at radius 3 is 2.52 bits per heavy atom. The second kappa shape index (κ2) is 8.40. The van der Waals surface area contributed by atoms with Crippen molar-refractivity contribution in [1.29, 1.82) is 0 Å². The first-order chi connectivity index (χ1) is 15.0. The number of hydrogen-bond donors (Lipinski definition) is 0. The Balaban J connectivity index is 1.88. The van der Waals surface area contributed by atoms with Crippen LogP contribution in [0.5, 0.6) is 5.75 Å². The van der Waals surface area contributed by atoms with Crippen LogP contribution in [0.4, 0.5) is 0 Å². The predicted molar refractivity (Wildman–Crippen MR) is 119 cm³/mol. The number of rotatable bonds is 7. The molecular formula is C25H25NO5. The molecule has 0 saturated heterocycles. The lowest BCUT2D eigenvalue weighted by Gasteiger charge is -2.25. The zero-order chi connectivity index (χ0) is 22.1. The molecule has 0 radical (unpaired) electrons. The van der Waals surface area contributed by atoms with Gasteiger partial charge in [0.25, 0.3) is 5.91 Å². The number of hydrogen-bond acceptors (Lipinski definition) is 5. The molecule has 160 valence electrons. The fourth-order valence-corrected chi connectivity index (χ4v) is 3.94. The Bertz CT molecular complexity index is 1210. The molecule has 0 spiro atoms. The number of carbonyl (C=O) groups excluding carboxylic acids is 1. The van der Waals surface area contributed by atoms with Crippen molar-refractivity contribution in [2.24, 2.45) is 0 Å². The number of benzene rings is 2. The summed E-state index contributed by atoms with van der Waals surface area (Å²) in [6, 6.07) is 10.5. The molecule has 0 aliphatic carbocycles. The lowest BCUT2D eigenvalue weighted by atomic mass is 9.97. The Labute approximate surface area is 180 Å². The minimum atomic E-state index is -0.548. The highest BCUT2D eigenvalue weighted by Crippen LogP contribution is 2.38. The summed E-state index contributed by atoms with van der Waals surface area (Å²) in [5, 5.41) is 0.485. The van der Waals surface area contributed by atoms with Crippen LogP contribution in [0.1, 0.15) is 38.9 Å². The van der Waals surface area contributed by atoms with Crippen molar-refractivity contribution in [3.8, 4) is 5.75 Å². The first kappa shape index (κ1) is 20.9. The van der Waals surface area contributed by atoms with E-state index >= 15 is 0 Å². The summed E-state index contributed by atoms with van der Waals surface area (Å²) in [4.78, 5) is 28.4. The van der Waals surface area contributed by atoms with E-state index in [0.29, 0.717) is 42.0 Å². The van der Waals surface area contributed by atoms with Crippen molar-refractivity contribution < 1.29 is 18.7 Å². The van der Waals surface area contributed by atoms with Gasteiger partial charge in [-0.25, -0.2) is 0 Å². The van der Waals surface area contributed by atoms with Crippen molar-refractivity contribution in [3.05, 3.63) is 87.3 Å². The van der Waals surface area contributed by atoms with Gasteiger partial charge in [-0.2, -0.15) is 0 Å². The summed E-state index contributed by atoms with van der Waals surface area (Å²) < 4.78 is 16.8. The van der Waals surface area contributed by atoms with Crippen LogP contribution in [0.15, 0.2) is 58.3 Å². The van der Waals surface area contributed by atoms with Gasteiger partial charge < -0.3 is 18.8 Å². The van der Waals surface area contributed by atoms with Crippen LogP contribution in [0.25, 0.3) is 11.0 Å². The van der Waals surface area contributed by atoms with E-state index < -0.39 is 6.04 Å². The Morgan fingerprint density at radius 1 is 1.13 bits per heavy atom. The topological polar surface area (TPSA) is 69.0 Å². The molecule has 0 bridgehead atoms. The van der Waals surface area contributed by atoms with Crippen LogP contribution in [0, 0.1) is 13.8 Å². The van der Waals surface area contributed by atoms with E-state index in [1.807, 2.05) is 50.2 Å². The Hall–Kier alpha value is -3.38. The average molecular weight is 419 g/mol. The summed E-state index contributed by atoms with van der Waals surface area (Å²) in [5.41, 5.74) is 3.44. The molecule has 1 aromatic heterocycles.